The molecule has 0 saturated heterocycles. The average Bonchev–Trinajstić information content (AvgIpc) is 3.42. The number of nitrogens with one attached hydrogen (secondary N) is 1. The quantitative estimate of drug-likeness (QED) is 0.562. The van der Waals surface area contributed by atoms with Crippen molar-refractivity contribution in [3.8, 4) is 0 Å². The molecule has 1 atom stereocenters. The molecule has 1 aliphatic heterocycles. The molecule has 0 radical (unpaired) electrons. The predicted octanol–water partition coefficient (Wildman–Crippen LogP) is 4.26. The maximum Gasteiger partial charge on any atom is 0.242 e. The van der Waals surface area contributed by atoms with Crippen LogP contribution in [0.1, 0.15) is 32.5 Å². The molecule has 6 nitrogen and oxygen atoms in total. The molecule has 0 bridgehead atoms. The van der Waals surface area contributed by atoms with Crippen LogP contribution in [0.25, 0.3) is 0 Å². The lowest BCUT2D eigenvalue weighted by Gasteiger charge is -2.35. The first-order valence-corrected chi connectivity index (χ1v) is 13.6. The van der Waals surface area contributed by atoms with Gasteiger partial charge in [0, 0.05) is 36.1 Å². The second-order valence-electron chi connectivity index (χ2n) is 8.19. The van der Waals surface area contributed by atoms with Crippen molar-refractivity contribution in [2.75, 3.05) is 32.5 Å². The van der Waals surface area contributed by atoms with E-state index in [-0.39, 0.29) is 23.4 Å². The fourth-order valence-electron chi connectivity index (χ4n) is 4.01. The molecule has 3 aromatic rings. The van der Waals surface area contributed by atoms with Gasteiger partial charge in [-0.05, 0) is 72.0 Å². The Kier molecular flexibility index (Phi) is 6.56. The molecule has 0 spiro atoms. The van der Waals surface area contributed by atoms with Crippen LogP contribution in [0.2, 0.25) is 0 Å². The first-order valence-electron chi connectivity index (χ1n) is 10.4. The van der Waals surface area contributed by atoms with Gasteiger partial charge in [0.1, 0.15) is 0 Å². The summed E-state index contributed by atoms with van der Waals surface area (Å²) in [6.45, 7) is 4.79. The van der Waals surface area contributed by atoms with Crippen LogP contribution in [0.4, 0.5) is 5.69 Å². The lowest BCUT2D eigenvalue weighted by Crippen LogP contribution is -2.40. The monoisotopic (exact) mass is 489 g/mol. The molecule has 9 heteroatoms. The molecule has 32 heavy (non-hydrogen) atoms. The van der Waals surface area contributed by atoms with Crippen molar-refractivity contribution in [2.24, 2.45) is 0 Å². The highest BCUT2D eigenvalue weighted by atomic mass is 32.2. The Bertz CT molecular complexity index is 1230. The Balaban J connectivity index is 1.58. The van der Waals surface area contributed by atoms with Gasteiger partial charge in [0.2, 0.25) is 15.9 Å². The molecule has 1 amide bonds. The fraction of sp³-hybridized carbons (Fsp3) is 0.348. The van der Waals surface area contributed by atoms with Crippen LogP contribution < -0.4 is 5.32 Å². The van der Waals surface area contributed by atoms with E-state index in [1.54, 1.807) is 34.8 Å². The van der Waals surface area contributed by atoms with Gasteiger partial charge in [-0.25, -0.2) is 12.7 Å². The summed E-state index contributed by atoms with van der Waals surface area (Å²) in [5, 5.41) is 7.17. The smallest absolute Gasteiger partial charge is 0.242 e. The molecule has 1 N–H and O–H groups in total. The third-order valence-electron chi connectivity index (χ3n) is 5.92. The maximum atomic E-state index is 13.1. The minimum Gasteiger partial charge on any atom is -0.325 e. The zero-order valence-electron chi connectivity index (χ0n) is 18.6. The maximum absolute atomic E-state index is 13.1. The molecule has 1 aromatic carbocycles. The molecule has 4 rings (SSSR count). The topological polar surface area (TPSA) is 69.7 Å². The Morgan fingerprint density at radius 1 is 1.19 bits per heavy atom. The van der Waals surface area contributed by atoms with Gasteiger partial charge in [-0.3, -0.25) is 9.69 Å². The molecular weight excluding hydrogens is 462 g/mol. The molecule has 170 valence electrons. The standard InChI is InChI=1S/C23H27N3O3S3/c1-15-12-17(32(28,29)25(3)4)13-19(16(15)2)24-22(27)14-26-9-7-20-18(8-11-31-20)23(26)21-6-5-10-30-21/h5-6,8,10-13,23H,7,9,14H2,1-4H3,(H,24,27)/t23-/m0/s1. The van der Waals surface area contributed by atoms with E-state index in [2.05, 4.69) is 33.1 Å². The van der Waals surface area contributed by atoms with Crippen LogP contribution in [-0.2, 0) is 21.2 Å². The van der Waals surface area contributed by atoms with Crippen LogP contribution in [0.3, 0.4) is 0 Å². The van der Waals surface area contributed by atoms with Crippen LogP contribution in [0.5, 0.6) is 0 Å². The van der Waals surface area contributed by atoms with Gasteiger partial charge in [0.25, 0.3) is 0 Å². The van der Waals surface area contributed by atoms with E-state index in [9.17, 15) is 13.2 Å². The van der Waals surface area contributed by atoms with Crippen molar-refractivity contribution in [2.45, 2.75) is 31.2 Å². The van der Waals surface area contributed by atoms with Crippen molar-refractivity contribution in [1.82, 2.24) is 9.21 Å². The number of hydrogen-bond donors (Lipinski definition) is 1. The predicted molar refractivity (Wildman–Crippen MR) is 131 cm³/mol. The fourth-order valence-corrected chi connectivity index (χ4v) is 6.80. The van der Waals surface area contributed by atoms with Gasteiger partial charge in [-0.1, -0.05) is 6.07 Å². The van der Waals surface area contributed by atoms with Crippen molar-refractivity contribution in [3.05, 3.63) is 67.5 Å². The zero-order valence-corrected chi connectivity index (χ0v) is 21.0. The lowest BCUT2D eigenvalue weighted by atomic mass is 9.98. The van der Waals surface area contributed by atoms with E-state index in [0.29, 0.717) is 5.69 Å². The molecule has 0 unspecified atom stereocenters. The molecule has 0 fully saturated rings. The minimum atomic E-state index is -3.59. The van der Waals surface area contributed by atoms with Crippen molar-refractivity contribution >= 4 is 44.3 Å². The van der Waals surface area contributed by atoms with Crippen LogP contribution in [0, 0.1) is 13.8 Å². The number of aryl methyl sites for hydroxylation is 1. The van der Waals surface area contributed by atoms with E-state index in [0.717, 1.165) is 24.1 Å². The molecule has 0 saturated carbocycles. The van der Waals surface area contributed by atoms with Crippen LogP contribution in [0.15, 0.2) is 46.0 Å². The van der Waals surface area contributed by atoms with Crippen LogP contribution in [-0.4, -0.2) is 50.7 Å². The highest BCUT2D eigenvalue weighted by Gasteiger charge is 2.31. The van der Waals surface area contributed by atoms with Crippen molar-refractivity contribution in [1.29, 1.82) is 0 Å². The third kappa shape index (κ3) is 4.40. The van der Waals surface area contributed by atoms with Gasteiger partial charge in [-0.15, -0.1) is 22.7 Å². The molecule has 2 aromatic heterocycles. The lowest BCUT2D eigenvalue weighted by molar-refractivity contribution is -0.117. The summed E-state index contributed by atoms with van der Waals surface area (Å²) < 4.78 is 26.4. The second-order valence-corrected chi connectivity index (χ2v) is 12.3. The number of carbonyl (C=O) groups excluding carboxylic acids is 1. The summed E-state index contributed by atoms with van der Waals surface area (Å²) in [5.74, 6) is -0.146. The number of benzene rings is 1. The highest BCUT2D eigenvalue weighted by Crippen LogP contribution is 2.39. The number of fused-ring (bicyclic) bond motifs is 1. The SMILES string of the molecule is Cc1cc(S(=O)(=O)N(C)C)cc(NC(=O)CN2CCc3sccc3[C@H]2c2cccs2)c1C. The summed E-state index contributed by atoms with van der Waals surface area (Å²) in [4.78, 5) is 18.1. The summed E-state index contributed by atoms with van der Waals surface area (Å²) in [7, 11) is -0.588. The highest BCUT2D eigenvalue weighted by molar-refractivity contribution is 7.89. The number of nitrogens with zero attached hydrogens (tertiary/aromatic N) is 2. The number of sulfonamides is 1. The number of hydrogen-bond acceptors (Lipinski definition) is 6. The van der Waals surface area contributed by atoms with Gasteiger partial charge in [-0.2, -0.15) is 0 Å². The Hall–Kier alpha value is -2.04. The molecule has 1 aliphatic rings. The second kappa shape index (κ2) is 9.07. The van der Waals surface area contributed by atoms with E-state index in [4.69, 9.17) is 0 Å². The Labute approximate surface area is 197 Å². The van der Waals surface area contributed by atoms with Crippen molar-refractivity contribution in [3.63, 3.8) is 0 Å². The number of rotatable bonds is 6. The van der Waals surface area contributed by atoms with Gasteiger partial charge in [0.05, 0.1) is 17.5 Å². The first-order chi connectivity index (χ1) is 15.2. The Morgan fingerprint density at radius 2 is 1.97 bits per heavy atom. The third-order valence-corrected chi connectivity index (χ3v) is 9.63. The first kappa shape index (κ1) is 23.1. The summed E-state index contributed by atoms with van der Waals surface area (Å²) in [5.41, 5.74) is 3.50. The Morgan fingerprint density at radius 3 is 2.66 bits per heavy atom. The normalized spacial score (nSPS) is 16.8. The van der Waals surface area contributed by atoms with Gasteiger partial charge < -0.3 is 5.32 Å². The van der Waals surface area contributed by atoms with E-state index < -0.39 is 10.0 Å². The number of carbonyl (C=O) groups is 1. The van der Waals surface area contributed by atoms with E-state index >= 15 is 0 Å². The average molecular weight is 490 g/mol. The van der Waals surface area contributed by atoms with E-state index in [1.165, 1.54) is 33.7 Å². The largest absolute Gasteiger partial charge is 0.325 e. The van der Waals surface area contributed by atoms with Crippen LogP contribution >= 0.6 is 22.7 Å². The van der Waals surface area contributed by atoms with Crippen molar-refractivity contribution < 1.29 is 13.2 Å². The minimum absolute atomic E-state index is 0.0686. The summed E-state index contributed by atoms with van der Waals surface area (Å²) in [6, 6.07) is 9.60. The number of amides is 1. The zero-order chi connectivity index (χ0) is 23.0. The van der Waals surface area contributed by atoms with Gasteiger partial charge >= 0.3 is 0 Å². The summed E-state index contributed by atoms with van der Waals surface area (Å²) >= 11 is 3.48. The molecular formula is C23H27N3O3S3. The van der Waals surface area contributed by atoms with Gasteiger partial charge in [0.15, 0.2) is 0 Å². The molecule has 3 heterocycles. The molecule has 0 aliphatic carbocycles. The van der Waals surface area contributed by atoms with E-state index in [1.807, 2.05) is 19.9 Å². The summed E-state index contributed by atoms with van der Waals surface area (Å²) in [6.07, 6.45) is 0.927. The number of anilines is 1. The number of thiophene rings is 2.